The number of carbonyl (C=O) groups excluding carboxylic acids is 1. The normalized spacial score (nSPS) is 17.9. The predicted molar refractivity (Wildman–Crippen MR) is 80.2 cm³/mol. The van der Waals surface area contributed by atoms with Crippen molar-refractivity contribution in [2.24, 2.45) is 11.8 Å². The molecule has 0 aromatic carbocycles. The van der Waals surface area contributed by atoms with Crippen LogP contribution in [0.5, 0.6) is 0 Å². The molecule has 0 aromatic heterocycles. The molecule has 0 bridgehead atoms. The standard InChI is InChI=1S/C15H31N3O/c1-4-7-16-11-14-5-8-18(9-6-14)12-15(19)17-10-13(2)3/h13-14,16H,4-12H2,1-3H3,(H,17,19). The van der Waals surface area contributed by atoms with Gasteiger partial charge in [0.05, 0.1) is 6.54 Å². The largest absolute Gasteiger partial charge is 0.355 e. The van der Waals surface area contributed by atoms with E-state index in [0.717, 1.165) is 38.6 Å². The molecular weight excluding hydrogens is 238 g/mol. The summed E-state index contributed by atoms with van der Waals surface area (Å²) in [6, 6.07) is 0. The smallest absolute Gasteiger partial charge is 0.234 e. The number of nitrogens with zero attached hydrogens (tertiary/aromatic N) is 1. The fraction of sp³-hybridized carbons (Fsp3) is 0.933. The average molecular weight is 269 g/mol. The van der Waals surface area contributed by atoms with Crippen LogP contribution in [0.2, 0.25) is 0 Å². The molecule has 4 nitrogen and oxygen atoms in total. The Bertz CT molecular complexity index is 248. The molecule has 1 amide bonds. The summed E-state index contributed by atoms with van der Waals surface area (Å²) in [6.45, 7) is 12.2. The van der Waals surface area contributed by atoms with Crippen molar-refractivity contribution in [1.29, 1.82) is 0 Å². The minimum absolute atomic E-state index is 0.177. The summed E-state index contributed by atoms with van der Waals surface area (Å²) < 4.78 is 0. The average Bonchev–Trinajstić information content (AvgIpc) is 2.39. The number of hydrogen-bond donors (Lipinski definition) is 2. The third-order valence-electron chi connectivity index (χ3n) is 3.64. The Kier molecular flexibility index (Phi) is 8.07. The second kappa shape index (κ2) is 9.32. The van der Waals surface area contributed by atoms with E-state index in [9.17, 15) is 4.79 Å². The highest BCUT2D eigenvalue weighted by molar-refractivity contribution is 5.77. The minimum Gasteiger partial charge on any atom is -0.355 e. The minimum atomic E-state index is 0.177. The first-order chi connectivity index (χ1) is 9.11. The molecule has 1 saturated heterocycles. The summed E-state index contributed by atoms with van der Waals surface area (Å²) in [5.41, 5.74) is 0. The Labute approximate surface area is 118 Å². The van der Waals surface area contributed by atoms with Gasteiger partial charge >= 0.3 is 0 Å². The molecule has 0 aromatic rings. The summed E-state index contributed by atoms with van der Waals surface area (Å²) in [5.74, 6) is 1.50. The summed E-state index contributed by atoms with van der Waals surface area (Å²) in [5, 5.41) is 6.48. The highest BCUT2D eigenvalue weighted by Gasteiger charge is 2.20. The molecule has 0 atom stereocenters. The van der Waals surface area contributed by atoms with Crippen LogP contribution in [0.4, 0.5) is 0 Å². The van der Waals surface area contributed by atoms with Crippen molar-refractivity contribution >= 4 is 5.91 Å². The molecule has 4 heteroatoms. The van der Waals surface area contributed by atoms with Gasteiger partial charge in [-0.2, -0.15) is 0 Å². The van der Waals surface area contributed by atoms with Gasteiger partial charge in [-0.3, -0.25) is 9.69 Å². The van der Waals surface area contributed by atoms with Gasteiger partial charge in [0, 0.05) is 6.54 Å². The lowest BCUT2D eigenvalue weighted by molar-refractivity contribution is -0.122. The predicted octanol–water partition coefficient (Wildman–Crippen LogP) is 1.47. The zero-order valence-electron chi connectivity index (χ0n) is 12.9. The van der Waals surface area contributed by atoms with E-state index in [1.54, 1.807) is 0 Å². The van der Waals surface area contributed by atoms with Gasteiger partial charge in [-0.15, -0.1) is 0 Å². The van der Waals surface area contributed by atoms with Crippen molar-refractivity contribution < 1.29 is 4.79 Å². The van der Waals surface area contributed by atoms with Crippen LogP contribution >= 0.6 is 0 Å². The van der Waals surface area contributed by atoms with Crippen LogP contribution < -0.4 is 10.6 Å². The topological polar surface area (TPSA) is 44.4 Å². The third-order valence-corrected chi connectivity index (χ3v) is 3.64. The maximum absolute atomic E-state index is 11.7. The number of carbonyl (C=O) groups is 1. The molecule has 0 spiro atoms. The lowest BCUT2D eigenvalue weighted by Gasteiger charge is -2.31. The van der Waals surface area contributed by atoms with E-state index < -0.39 is 0 Å². The second-order valence-corrected chi connectivity index (χ2v) is 6.12. The molecule has 1 rings (SSSR count). The molecule has 0 radical (unpaired) electrons. The van der Waals surface area contributed by atoms with Gasteiger partial charge in [0.25, 0.3) is 0 Å². The number of amides is 1. The Balaban J connectivity index is 2.10. The number of hydrogen-bond acceptors (Lipinski definition) is 3. The summed E-state index contributed by atoms with van der Waals surface area (Å²) in [4.78, 5) is 14.0. The molecule has 1 fully saturated rings. The van der Waals surface area contributed by atoms with E-state index in [-0.39, 0.29) is 5.91 Å². The maximum atomic E-state index is 11.7. The number of piperidine rings is 1. The van der Waals surface area contributed by atoms with Crippen molar-refractivity contribution in [3.05, 3.63) is 0 Å². The molecule has 0 aliphatic carbocycles. The van der Waals surface area contributed by atoms with Crippen molar-refractivity contribution in [3.8, 4) is 0 Å². The highest BCUT2D eigenvalue weighted by atomic mass is 16.2. The molecule has 2 N–H and O–H groups in total. The fourth-order valence-electron chi connectivity index (χ4n) is 2.41. The Morgan fingerprint density at radius 1 is 1.32 bits per heavy atom. The Morgan fingerprint density at radius 2 is 2.00 bits per heavy atom. The molecule has 19 heavy (non-hydrogen) atoms. The lowest BCUT2D eigenvalue weighted by atomic mass is 9.97. The van der Waals surface area contributed by atoms with E-state index >= 15 is 0 Å². The van der Waals surface area contributed by atoms with Gasteiger partial charge < -0.3 is 10.6 Å². The summed E-state index contributed by atoms with van der Waals surface area (Å²) >= 11 is 0. The van der Waals surface area contributed by atoms with Gasteiger partial charge in [0.15, 0.2) is 0 Å². The number of nitrogens with one attached hydrogen (secondary N) is 2. The molecule has 1 aliphatic heterocycles. The maximum Gasteiger partial charge on any atom is 0.234 e. The van der Waals surface area contributed by atoms with E-state index in [1.165, 1.54) is 19.3 Å². The van der Waals surface area contributed by atoms with Crippen LogP contribution in [0.1, 0.15) is 40.0 Å². The monoisotopic (exact) mass is 269 g/mol. The van der Waals surface area contributed by atoms with E-state index in [2.05, 4.69) is 36.3 Å². The van der Waals surface area contributed by atoms with Crippen molar-refractivity contribution in [2.45, 2.75) is 40.0 Å². The zero-order chi connectivity index (χ0) is 14.1. The van der Waals surface area contributed by atoms with Crippen molar-refractivity contribution in [3.63, 3.8) is 0 Å². The molecule has 1 aliphatic rings. The SMILES string of the molecule is CCCNCC1CCN(CC(=O)NCC(C)C)CC1. The van der Waals surface area contributed by atoms with Gasteiger partial charge in [-0.05, 0) is 57.3 Å². The molecule has 1 heterocycles. The van der Waals surface area contributed by atoms with E-state index in [1.807, 2.05) is 0 Å². The number of rotatable bonds is 8. The summed E-state index contributed by atoms with van der Waals surface area (Å²) in [6.07, 6.45) is 3.64. The Morgan fingerprint density at radius 3 is 2.58 bits per heavy atom. The fourth-order valence-corrected chi connectivity index (χ4v) is 2.41. The van der Waals surface area contributed by atoms with Crippen LogP contribution in [-0.2, 0) is 4.79 Å². The zero-order valence-corrected chi connectivity index (χ0v) is 12.9. The third kappa shape index (κ3) is 7.53. The van der Waals surface area contributed by atoms with Crippen molar-refractivity contribution in [1.82, 2.24) is 15.5 Å². The quantitative estimate of drug-likeness (QED) is 0.656. The molecule has 0 saturated carbocycles. The van der Waals surface area contributed by atoms with Crippen LogP contribution in [0, 0.1) is 11.8 Å². The summed E-state index contributed by atoms with van der Waals surface area (Å²) in [7, 11) is 0. The molecular formula is C15H31N3O. The van der Waals surface area contributed by atoms with Gasteiger partial charge in [0.2, 0.25) is 5.91 Å². The van der Waals surface area contributed by atoms with Crippen LogP contribution in [0.3, 0.4) is 0 Å². The van der Waals surface area contributed by atoms with Crippen LogP contribution in [-0.4, -0.2) is 50.1 Å². The highest BCUT2D eigenvalue weighted by Crippen LogP contribution is 2.15. The van der Waals surface area contributed by atoms with Crippen molar-refractivity contribution in [2.75, 3.05) is 39.3 Å². The van der Waals surface area contributed by atoms with Gasteiger partial charge in [0.1, 0.15) is 0 Å². The lowest BCUT2D eigenvalue weighted by Crippen LogP contribution is -2.43. The first-order valence-corrected chi connectivity index (χ1v) is 7.81. The van der Waals surface area contributed by atoms with Crippen LogP contribution in [0.25, 0.3) is 0 Å². The van der Waals surface area contributed by atoms with E-state index in [4.69, 9.17) is 0 Å². The van der Waals surface area contributed by atoms with Gasteiger partial charge in [-0.25, -0.2) is 0 Å². The van der Waals surface area contributed by atoms with E-state index in [0.29, 0.717) is 12.5 Å². The van der Waals surface area contributed by atoms with Crippen LogP contribution in [0.15, 0.2) is 0 Å². The Hall–Kier alpha value is -0.610. The first kappa shape index (κ1) is 16.4. The molecule has 112 valence electrons. The second-order valence-electron chi connectivity index (χ2n) is 6.12. The first-order valence-electron chi connectivity index (χ1n) is 7.81. The molecule has 0 unspecified atom stereocenters. The van der Waals surface area contributed by atoms with Gasteiger partial charge in [-0.1, -0.05) is 20.8 Å². The number of likely N-dealkylation sites (tertiary alicyclic amines) is 1.